The van der Waals surface area contributed by atoms with E-state index < -0.39 is 17.7 Å². The normalized spacial score (nSPS) is 13.1. The number of hydrogen-bond acceptors (Lipinski definition) is 6. The molecule has 0 fully saturated rings. The summed E-state index contributed by atoms with van der Waals surface area (Å²) >= 11 is 1.45. The molecule has 7 heteroatoms. The van der Waals surface area contributed by atoms with E-state index >= 15 is 0 Å². The molecule has 0 aliphatic rings. The Balaban J connectivity index is 1.92. The highest BCUT2D eigenvalue weighted by Gasteiger charge is 2.26. The van der Waals surface area contributed by atoms with Crippen LogP contribution in [0.3, 0.4) is 0 Å². The van der Waals surface area contributed by atoms with Crippen LogP contribution in [-0.4, -0.2) is 27.6 Å². The summed E-state index contributed by atoms with van der Waals surface area (Å²) in [5.74, 6) is 1.17. The summed E-state index contributed by atoms with van der Waals surface area (Å²) in [7, 11) is 0. The van der Waals surface area contributed by atoms with Gasteiger partial charge in [-0.2, -0.15) is 0 Å². The smallest absolute Gasteiger partial charge is 0.408 e. The van der Waals surface area contributed by atoms with Crippen molar-refractivity contribution in [3.05, 3.63) is 47.9 Å². The summed E-state index contributed by atoms with van der Waals surface area (Å²) in [4.78, 5) is 12.1. The number of aromatic nitrogens is 2. The average Bonchev–Trinajstić information content (AvgIpc) is 3.04. The van der Waals surface area contributed by atoms with Crippen LogP contribution in [0.25, 0.3) is 6.08 Å². The van der Waals surface area contributed by atoms with Crippen LogP contribution in [0.15, 0.2) is 46.0 Å². The molecule has 27 heavy (non-hydrogen) atoms. The van der Waals surface area contributed by atoms with E-state index in [0.717, 1.165) is 5.56 Å². The van der Waals surface area contributed by atoms with Crippen molar-refractivity contribution in [1.29, 1.82) is 0 Å². The number of amides is 1. The maximum Gasteiger partial charge on any atom is 0.408 e. The molecule has 0 saturated heterocycles. The Labute approximate surface area is 164 Å². The minimum atomic E-state index is -0.563. The van der Waals surface area contributed by atoms with Crippen LogP contribution >= 0.6 is 11.8 Å². The fourth-order valence-corrected chi connectivity index (χ4v) is 2.80. The molecule has 2 aromatic rings. The second-order valence-electron chi connectivity index (χ2n) is 7.40. The van der Waals surface area contributed by atoms with Crippen molar-refractivity contribution in [2.45, 2.75) is 51.5 Å². The highest BCUT2D eigenvalue weighted by molar-refractivity contribution is 7.99. The van der Waals surface area contributed by atoms with E-state index in [2.05, 4.69) is 15.5 Å². The molecule has 2 rings (SSSR count). The van der Waals surface area contributed by atoms with Crippen molar-refractivity contribution in [1.82, 2.24) is 15.5 Å². The summed E-state index contributed by atoms with van der Waals surface area (Å²) in [5, 5.41) is 11.4. The van der Waals surface area contributed by atoms with Gasteiger partial charge in [0.2, 0.25) is 5.89 Å². The van der Waals surface area contributed by atoms with Crippen molar-refractivity contribution >= 4 is 23.9 Å². The Morgan fingerprint density at radius 2 is 1.96 bits per heavy atom. The standard InChI is InChI=1S/C20H27N3O3S/c1-14(2)16(21-18(24)26-20(3,4)5)17-22-23-19(25-17)27-13-9-12-15-10-7-6-8-11-15/h6-12,14,16H,13H2,1-5H3,(H,21,24)/b12-9+/t16-/m1/s1. The van der Waals surface area contributed by atoms with Gasteiger partial charge in [-0.1, -0.05) is 68.1 Å². The maximum atomic E-state index is 12.1. The SMILES string of the molecule is CC(C)[C@@H](NC(=O)OC(C)(C)C)c1nnc(SC/C=C/c2ccccc2)o1. The molecule has 0 unspecified atom stereocenters. The molecule has 0 spiro atoms. The van der Waals surface area contributed by atoms with Crippen LogP contribution in [-0.2, 0) is 4.74 Å². The molecule has 1 aromatic heterocycles. The third-order valence-corrected chi connectivity index (χ3v) is 4.21. The third-order valence-electron chi connectivity index (χ3n) is 3.44. The van der Waals surface area contributed by atoms with Gasteiger partial charge in [-0.3, -0.25) is 0 Å². The number of hydrogen-bond donors (Lipinski definition) is 1. The van der Waals surface area contributed by atoms with Gasteiger partial charge in [-0.15, -0.1) is 10.2 Å². The molecule has 1 amide bonds. The van der Waals surface area contributed by atoms with Crippen LogP contribution in [0, 0.1) is 5.92 Å². The number of benzene rings is 1. The van der Waals surface area contributed by atoms with Crippen LogP contribution in [0.5, 0.6) is 0 Å². The lowest BCUT2D eigenvalue weighted by Crippen LogP contribution is -2.37. The van der Waals surface area contributed by atoms with Crippen LogP contribution in [0.1, 0.15) is 52.1 Å². The molecule has 1 N–H and O–H groups in total. The van der Waals surface area contributed by atoms with E-state index in [1.165, 1.54) is 11.8 Å². The number of nitrogens with one attached hydrogen (secondary N) is 1. The lowest BCUT2D eigenvalue weighted by atomic mass is 10.1. The highest BCUT2D eigenvalue weighted by Crippen LogP contribution is 2.25. The lowest BCUT2D eigenvalue weighted by molar-refractivity contribution is 0.0477. The summed E-state index contributed by atoms with van der Waals surface area (Å²) in [6.45, 7) is 9.41. The molecule has 1 heterocycles. The zero-order chi connectivity index (χ0) is 19.9. The van der Waals surface area contributed by atoms with Gasteiger partial charge in [0.05, 0.1) is 0 Å². The molecule has 6 nitrogen and oxygen atoms in total. The summed E-state index contributed by atoms with van der Waals surface area (Å²) in [6, 6.07) is 9.68. The quantitative estimate of drug-likeness (QED) is 0.664. The van der Waals surface area contributed by atoms with Gasteiger partial charge >= 0.3 is 6.09 Å². The van der Waals surface area contributed by atoms with Gasteiger partial charge in [-0.25, -0.2) is 4.79 Å². The molecule has 146 valence electrons. The van der Waals surface area contributed by atoms with Crippen molar-refractivity contribution < 1.29 is 13.9 Å². The summed E-state index contributed by atoms with van der Waals surface area (Å²) < 4.78 is 11.0. The van der Waals surface area contributed by atoms with Gasteiger partial charge in [0.25, 0.3) is 5.22 Å². The zero-order valence-corrected chi connectivity index (χ0v) is 17.2. The van der Waals surface area contributed by atoms with E-state index in [1.54, 1.807) is 0 Å². The second kappa shape index (κ2) is 9.60. The van der Waals surface area contributed by atoms with Crippen LogP contribution in [0.2, 0.25) is 0 Å². The minimum Gasteiger partial charge on any atom is -0.444 e. The zero-order valence-electron chi connectivity index (χ0n) is 16.4. The number of thioether (sulfide) groups is 1. The molecular formula is C20H27N3O3S. The van der Waals surface area contributed by atoms with E-state index in [4.69, 9.17) is 9.15 Å². The number of alkyl carbamates (subject to hydrolysis) is 1. The molecule has 1 aromatic carbocycles. The van der Waals surface area contributed by atoms with Gasteiger partial charge in [-0.05, 0) is 32.3 Å². The fraction of sp³-hybridized carbons (Fsp3) is 0.450. The van der Waals surface area contributed by atoms with Gasteiger partial charge in [0.15, 0.2) is 0 Å². The molecular weight excluding hydrogens is 362 g/mol. The highest BCUT2D eigenvalue weighted by atomic mass is 32.2. The van der Waals surface area contributed by atoms with Gasteiger partial charge in [0.1, 0.15) is 11.6 Å². The molecule has 0 radical (unpaired) electrons. The van der Waals surface area contributed by atoms with E-state index in [0.29, 0.717) is 16.9 Å². The van der Waals surface area contributed by atoms with Crippen LogP contribution in [0.4, 0.5) is 4.79 Å². The molecule has 0 bridgehead atoms. The van der Waals surface area contributed by atoms with E-state index in [-0.39, 0.29) is 5.92 Å². The number of carbonyl (C=O) groups excluding carboxylic acids is 1. The Bertz CT molecular complexity index is 751. The predicted molar refractivity (Wildman–Crippen MR) is 107 cm³/mol. The molecule has 1 atom stereocenters. The van der Waals surface area contributed by atoms with E-state index in [1.807, 2.05) is 77.1 Å². The van der Waals surface area contributed by atoms with Gasteiger partial charge < -0.3 is 14.5 Å². The first-order chi connectivity index (χ1) is 12.7. The fourth-order valence-electron chi connectivity index (χ4n) is 2.22. The van der Waals surface area contributed by atoms with Crippen molar-refractivity contribution in [2.24, 2.45) is 5.92 Å². The van der Waals surface area contributed by atoms with Crippen molar-refractivity contribution in [3.63, 3.8) is 0 Å². The molecule has 0 saturated carbocycles. The first kappa shape index (κ1) is 21.0. The number of carbonyl (C=O) groups is 1. The Hall–Kier alpha value is -2.28. The monoisotopic (exact) mass is 389 g/mol. The first-order valence-corrected chi connectivity index (χ1v) is 9.90. The third kappa shape index (κ3) is 7.46. The topological polar surface area (TPSA) is 77.2 Å². The largest absolute Gasteiger partial charge is 0.444 e. The predicted octanol–water partition coefficient (Wildman–Crippen LogP) is 5.10. The van der Waals surface area contributed by atoms with E-state index in [9.17, 15) is 4.79 Å². The van der Waals surface area contributed by atoms with Gasteiger partial charge in [0, 0.05) is 5.75 Å². The summed E-state index contributed by atoms with van der Waals surface area (Å²) in [5.41, 5.74) is 0.581. The Morgan fingerprint density at radius 1 is 1.26 bits per heavy atom. The Morgan fingerprint density at radius 3 is 2.59 bits per heavy atom. The molecule has 0 aliphatic heterocycles. The average molecular weight is 390 g/mol. The van der Waals surface area contributed by atoms with Crippen LogP contribution < -0.4 is 5.32 Å². The molecule has 0 aliphatic carbocycles. The number of rotatable bonds is 7. The van der Waals surface area contributed by atoms with Crippen molar-refractivity contribution in [2.75, 3.05) is 5.75 Å². The summed E-state index contributed by atoms with van der Waals surface area (Å²) in [6.07, 6.45) is 3.59. The first-order valence-electron chi connectivity index (χ1n) is 8.92. The second-order valence-corrected chi connectivity index (χ2v) is 8.37. The number of ether oxygens (including phenoxy) is 1. The number of nitrogens with zero attached hydrogens (tertiary/aromatic N) is 2. The minimum absolute atomic E-state index is 0.0776. The Kier molecular flexibility index (Phi) is 7.47. The van der Waals surface area contributed by atoms with Crippen molar-refractivity contribution in [3.8, 4) is 0 Å². The maximum absolute atomic E-state index is 12.1. The lowest BCUT2D eigenvalue weighted by Gasteiger charge is -2.23.